The maximum atomic E-state index is 8.58. The number of alkyl halides is 1. The fourth-order valence-electron chi connectivity index (χ4n) is 0.620. The average Bonchev–Trinajstić information content (AvgIpc) is 2.04. The number of hydrogen-bond donors (Lipinski definition) is 0. The van der Waals surface area contributed by atoms with E-state index in [0.29, 0.717) is 0 Å². The molecule has 1 heterocycles. The molecule has 0 unspecified atom stereocenters. The van der Waals surface area contributed by atoms with E-state index >= 15 is 0 Å². The second-order valence-electron chi connectivity index (χ2n) is 1.64. The van der Waals surface area contributed by atoms with Gasteiger partial charge in [-0.2, -0.15) is 0 Å². The van der Waals surface area contributed by atoms with Gasteiger partial charge in [-0.15, -0.1) is 0 Å². The van der Waals surface area contributed by atoms with Gasteiger partial charge in [0.15, 0.2) is 0 Å². The van der Waals surface area contributed by atoms with Crippen LogP contribution >= 0.6 is 0 Å². The standard InChI is InChI=1S/C7H6IN2/c1-8-7-6(5-9)3-2-4-10-7/h2-4H,1H3/q-1. The number of hydrogen-bond acceptors (Lipinski definition) is 2. The van der Waals surface area contributed by atoms with Crippen LogP contribution in [0, 0.1) is 15.0 Å². The van der Waals surface area contributed by atoms with Gasteiger partial charge < -0.3 is 0 Å². The molecule has 0 fully saturated rings. The third-order valence-electron chi connectivity index (χ3n) is 1.06. The van der Waals surface area contributed by atoms with Crippen LogP contribution in [0.3, 0.4) is 0 Å². The monoisotopic (exact) mass is 245 g/mol. The average molecular weight is 245 g/mol. The summed E-state index contributed by atoms with van der Waals surface area (Å²) < 4.78 is 0.990. The van der Waals surface area contributed by atoms with Crippen molar-refractivity contribution in [2.75, 3.05) is 4.93 Å². The predicted octanol–water partition coefficient (Wildman–Crippen LogP) is -2.16. The molecule has 1 aromatic heterocycles. The predicted molar refractivity (Wildman–Crippen MR) is 33.6 cm³/mol. The van der Waals surface area contributed by atoms with Crippen LogP contribution in [-0.4, -0.2) is 9.91 Å². The fraction of sp³-hybridized carbons (Fsp3) is 0.143. The molecular formula is C7H6IN2-. The summed E-state index contributed by atoms with van der Waals surface area (Å²) >= 11 is -0.0523. The van der Waals surface area contributed by atoms with Crippen LogP contribution in [0.1, 0.15) is 5.56 Å². The first-order chi connectivity index (χ1) is 4.88. The fourth-order valence-corrected chi connectivity index (χ4v) is 1.94. The minimum atomic E-state index is -0.0523. The van der Waals surface area contributed by atoms with Crippen molar-refractivity contribution in [1.29, 1.82) is 5.26 Å². The van der Waals surface area contributed by atoms with E-state index in [2.05, 4.69) is 16.0 Å². The van der Waals surface area contributed by atoms with Crippen molar-refractivity contribution in [3.63, 3.8) is 0 Å². The van der Waals surface area contributed by atoms with Crippen LogP contribution in [0.25, 0.3) is 0 Å². The first kappa shape index (κ1) is 7.48. The number of aromatic nitrogens is 1. The summed E-state index contributed by atoms with van der Waals surface area (Å²) in [5.74, 6) is 0. The Balaban J connectivity index is 3.12. The van der Waals surface area contributed by atoms with Gasteiger partial charge in [0, 0.05) is 0 Å². The molecule has 0 saturated carbocycles. The van der Waals surface area contributed by atoms with E-state index in [1.165, 1.54) is 0 Å². The zero-order valence-electron chi connectivity index (χ0n) is 5.50. The molecule has 0 spiro atoms. The molecule has 1 aromatic rings. The Morgan fingerprint density at radius 3 is 3.00 bits per heavy atom. The van der Waals surface area contributed by atoms with Gasteiger partial charge >= 0.3 is 70.0 Å². The van der Waals surface area contributed by atoms with E-state index < -0.39 is 0 Å². The van der Waals surface area contributed by atoms with Crippen molar-refractivity contribution < 1.29 is 21.2 Å². The van der Waals surface area contributed by atoms with E-state index in [-0.39, 0.29) is 21.2 Å². The van der Waals surface area contributed by atoms with Gasteiger partial charge in [0.2, 0.25) is 0 Å². The molecule has 0 N–H and O–H groups in total. The normalized spacial score (nSPS) is 9.20. The maximum absolute atomic E-state index is 8.58. The second-order valence-corrected chi connectivity index (χ2v) is 3.74. The number of rotatable bonds is 1. The van der Waals surface area contributed by atoms with E-state index in [1.807, 2.05) is 6.07 Å². The van der Waals surface area contributed by atoms with Crippen LogP contribution in [0.4, 0.5) is 0 Å². The zero-order valence-corrected chi connectivity index (χ0v) is 7.66. The quantitative estimate of drug-likeness (QED) is 0.321. The van der Waals surface area contributed by atoms with Crippen LogP contribution in [-0.2, 0) is 0 Å². The summed E-state index contributed by atoms with van der Waals surface area (Å²) in [6.07, 6.45) is 1.74. The number of nitriles is 1. The molecular weight excluding hydrogens is 239 g/mol. The van der Waals surface area contributed by atoms with Crippen molar-refractivity contribution in [2.45, 2.75) is 0 Å². The van der Waals surface area contributed by atoms with Crippen molar-refractivity contribution in [1.82, 2.24) is 4.98 Å². The topological polar surface area (TPSA) is 36.7 Å². The van der Waals surface area contributed by atoms with Crippen LogP contribution in [0.2, 0.25) is 0 Å². The number of pyridine rings is 1. The van der Waals surface area contributed by atoms with Gasteiger partial charge in [0.1, 0.15) is 0 Å². The molecule has 0 atom stereocenters. The summed E-state index contributed by atoms with van der Waals surface area (Å²) in [5.41, 5.74) is 0.734. The van der Waals surface area contributed by atoms with Crippen molar-refractivity contribution >= 4 is 0 Å². The Morgan fingerprint density at radius 1 is 1.70 bits per heavy atom. The van der Waals surface area contributed by atoms with Crippen LogP contribution in [0.5, 0.6) is 0 Å². The van der Waals surface area contributed by atoms with Gasteiger partial charge in [-0.05, 0) is 0 Å². The molecule has 3 heteroatoms. The van der Waals surface area contributed by atoms with Gasteiger partial charge in [0.25, 0.3) is 0 Å². The summed E-state index contributed by atoms with van der Waals surface area (Å²) in [5, 5.41) is 8.58. The molecule has 2 nitrogen and oxygen atoms in total. The first-order valence-electron chi connectivity index (χ1n) is 2.73. The molecule has 0 radical (unpaired) electrons. The Hall–Kier alpha value is -0.630. The molecule has 0 saturated heterocycles. The summed E-state index contributed by atoms with van der Waals surface area (Å²) in [4.78, 5) is 6.19. The van der Waals surface area contributed by atoms with E-state index in [4.69, 9.17) is 5.26 Å². The molecule has 1 rings (SSSR count). The Morgan fingerprint density at radius 2 is 2.50 bits per heavy atom. The minimum absolute atomic E-state index is 0.0523. The molecule has 0 bridgehead atoms. The van der Waals surface area contributed by atoms with Crippen LogP contribution in [0.15, 0.2) is 18.3 Å². The Kier molecular flexibility index (Phi) is 2.63. The van der Waals surface area contributed by atoms with Crippen molar-refractivity contribution in [3.8, 4) is 6.07 Å². The van der Waals surface area contributed by atoms with Gasteiger partial charge in [-0.1, -0.05) is 0 Å². The molecule has 0 aliphatic rings. The Bertz CT molecular complexity index is 265. The van der Waals surface area contributed by atoms with E-state index in [1.54, 1.807) is 12.3 Å². The number of nitrogens with zero attached hydrogens (tertiary/aromatic N) is 2. The van der Waals surface area contributed by atoms with Crippen LogP contribution < -0.4 is 21.2 Å². The van der Waals surface area contributed by atoms with Crippen molar-refractivity contribution in [2.24, 2.45) is 0 Å². The van der Waals surface area contributed by atoms with E-state index in [9.17, 15) is 0 Å². The summed E-state index contributed by atoms with van der Waals surface area (Å²) in [7, 11) is 0. The molecule has 0 aliphatic heterocycles. The second kappa shape index (κ2) is 3.52. The van der Waals surface area contributed by atoms with Gasteiger partial charge in [-0.25, -0.2) is 0 Å². The van der Waals surface area contributed by atoms with Crippen molar-refractivity contribution in [3.05, 3.63) is 27.6 Å². The van der Waals surface area contributed by atoms with Gasteiger partial charge in [0.05, 0.1) is 0 Å². The third kappa shape index (κ3) is 1.45. The van der Waals surface area contributed by atoms with Gasteiger partial charge in [-0.3, -0.25) is 0 Å². The molecule has 0 amide bonds. The summed E-state index contributed by atoms with van der Waals surface area (Å²) in [6.45, 7) is 0. The molecule has 10 heavy (non-hydrogen) atoms. The number of halogens is 1. The molecule has 0 aromatic carbocycles. The Labute approximate surface area is 70.2 Å². The molecule has 52 valence electrons. The first-order valence-corrected chi connectivity index (χ1v) is 5.96. The zero-order chi connectivity index (χ0) is 7.40. The summed E-state index contributed by atoms with van der Waals surface area (Å²) in [6, 6.07) is 5.72. The third-order valence-corrected chi connectivity index (χ3v) is 2.94. The van der Waals surface area contributed by atoms with E-state index in [0.717, 1.165) is 9.26 Å². The SMILES string of the molecule is C[I-]c1ncccc1C#N. The molecule has 0 aliphatic carbocycles.